The van der Waals surface area contributed by atoms with E-state index in [2.05, 4.69) is 0 Å². The number of hydrogen-bond donors (Lipinski definition) is 5. The van der Waals surface area contributed by atoms with E-state index in [1.807, 2.05) is 24.3 Å². The summed E-state index contributed by atoms with van der Waals surface area (Å²) >= 11 is 0. The van der Waals surface area contributed by atoms with Gasteiger partial charge in [-0.15, -0.1) is 0 Å². The van der Waals surface area contributed by atoms with Crippen LogP contribution in [0.4, 0.5) is 0 Å². The second kappa shape index (κ2) is 10.0. The number of Topliss-reactive ketones (excluding diaryl/α,β-unsaturated/α-hetero) is 2. The third kappa shape index (κ3) is 4.09. The Morgan fingerprint density at radius 3 is 2.52 bits per heavy atom. The van der Waals surface area contributed by atoms with E-state index in [-0.39, 0.29) is 29.7 Å². The largest absolute Gasteiger partial charge is 0.507 e. The second-order valence-corrected chi connectivity index (χ2v) is 11.2. The maximum atomic E-state index is 13.9. The number of aliphatic hydroxyl groups is 3. The first kappa shape index (κ1) is 27.8. The Kier molecular flexibility index (Phi) is 6.98. The molecule has 0 heterocycles. The number of carbonyl (C=O) groups excluding carboxylic acids is 3. The number of phenols is 1. The Morgan fingerprint density at radius 1 is 1.15 bits per heavy atom. The van der Waals surface area contributed by atoms with Gasteiger partial charge in [0, 0.05) is 17.5 Å². The normalized spacial score (nSPS) is 29.6. The highest BCUT2D eigenvalue weighted by Gasteiger charge is 2.67. The molecule has 1 amide bonds. The van der Waals surface area contributed by atoms with E-state index in [9.17, 15) is 34.8 Å². The number of amides is 1. The van der Waals surface area contributed by atoms with Gasteiger partial charge in [0.2, 0.25) is 11.7 Å². The van der Waals surface area contributed by atoms with Gasteiger partial charge < -0.3 is 35.8 Å². The summed E-state index contributed by atoms with van der Waals surface area (Å²) in [7, 11) is 4.85. The van der Waals surface area contributed by atoms with Crippen molar-refractivity contribution >= 4 is 23.2 Å². The summed E-state index contributed by atoms with van der Waals surface area (Å²) in [4.78, 5) is 41.1. The third-order valence-electron chi connectivity index (χ3n) is 8.89. The summed E-state index contributed by atoms with van der Waals surface area (Å²) in [6.45, 7) is 0. The number of aromatic hydroxyl groups is 1. The third-order valence-corrected chi connectivity index (χ3v) is 8.89. The van der Waals surface area contributed by atoms with Crippen LogP contribution in [0.25, 0.3) is 5.76 Å². The molecule has 3 aliphatic carbocycles. The number of aryl methyl sites for hydroxylation is 2. The Balaban J connectivity index is 1.58. The van der Waals surface area contributed by atoms with Crippen molar-refractivity contribution in [1.82, 2.24) is 4.90 Å². The minimum absolute atomic E-state index is 0.0865. The fourth-order valence-corrected chi connectivity index (χ4v) is 7.01. The minimum atomic E-state index is -2.66. The molecule has 0 saturated heterocycles. The van der Waals surface area contributed by atoms with Gasteiger partial charge in [-0.3, -0.25) is 14.4 Å². The van der Waals surface area contributed by atoms with Crippen LogP contribution in [0.2, 0.25) is 0 Å². The maximum Gasteiger partial charge on any atom is 0.230 e. The lowest BCUT2D eigenvalue weighted by Gasteiger charge is -2.53. The number of nitrogens with zero attached hydrogens (tertiary/aromatic N) is 1. The SMILES string of the molecule is COc1cccc(CCc2ccc(O)c3c2CC2CC4C(N(C)C)C(O)C(C(N)=O)C(=O)C4(O)C(=O)C2=C3O)c1. The van der Waals surface area contributed by atoms with E-state index in [1.54, 1.807) is 32.2 Å². The van der Waals surface area contributed by atoms with Crippen LogP contribution in [0.1, 0.15) is 28.7 Å². The van der Waals surface area contributed by atoms with Crippen LogP contribution in [-0.2, 0) is 33.6 Å². The summed E-state index contributed by atoms with van der Waals surface area (Å²) < 4.78 is 5.31. The number of methoxy groups -OCH3 is 1. The lowest BCUT2D eigenvalue weighted by molar-refractivity contribution is -0.184. The molecule has 3 aliphatic rings. The molecule has 212 valence electrons. The molecule has 6 unspecified atom stereocenters. The molecule has 2 aromatic rings. The van der Waals surface area contributed by atoms with Gasteiger partial charge >= 0.3 is 0 Å². The van der Waals surface area contributed by atoms with Gasteiger partial charge in [0.25, 0.3) is 0 Å². The van der Waals surface area contributed by atoms with Crippen molar-refractivity contribution in [2.24, 2.45) is 23.5 Å². The highest BCUT2D eigenvalue weighted by atomic mass is 16.5. The highest BCUT2D eigenvalue weighted by Crippen LogP contribution is 2.52. The number of likely N-dealkylation sites (N-methyl/N-ethyl adjacent to an activating group) is 1. The molecule has 5 rings (SSSR count). The number of nitrogens with two attached hydrogens (primary N) is 1. The number of ketones is 2. The maximum absolute atomic E-state index is 13.9. The number of benzene rings is 2. The summed E-state index contributed by atoms with van der Waals surface area (Å²) in [6, 6.07) is 10.0. The molecule has 0 spiro atoms. The number of carbonyl (C=O) groups is 3. The van der Waals surface area contributed by atoms with Crippen molar-refractivity contribution < 1.29 is 39.5 Å². The van der Waals surface area contributed by atoms with Crippen LogP contribution >= 0.6 is 0 Å². The quantitative estimate of drug-likeness (QED) is 0.328. The van der Waals surface area contributed by atoms with Crippen LogP contribution in [0.3, 0.4) is 0 Å². The van der Waals surface area contributed by atoms with Crippen molar-refractivity contribution in [3.05, 3.63) is 64.2 Å². The standard InChI is InChI=1S/C30H34N2O8/c1-32(2)24-19-13-16-12-18-15(8-7-14-5-4-6-17(11-14)40-3)9-10-20(33)22(18)25(34)21(16)27(36)30(19,39)28(37)23(26(24)35)29(31)38/h4-6,9-11,16,19,23-24,26,33-35,39H,7-8,12-13H2,1-3H3,(H2,31,38). The Bertz CT molecular complexity index is 1430. The number of hydrogen-bond acceptors (Lipinski definition) is 9. The smallest absolute Gasteiger partial charge is 0.230 e. The molecule has 0 bridgehead atoms. The summed E-state index contributed by atoms with van der Waals surface area (Å²) in [5.41, 5.74) is 5.32. The Hall–Kier alpha value is -3.73. The Morgan fingerprint density at radius 2 is 1.88 bits per heavy atom. The summed E-state index contributed by atoms with van der Waals surface area (Å²) in [6.07, 6.45) is 0.0947. The fourth-order valence-electron chi connectivity index (χ4n) is 7.01. The van der Waals surface area contributed by atoms with E-state index < -0.39 is 58.7 Å². The average Bonchev–Trinajstić information content (AvgIpc) is 2.90. The lowest BCUT2D eigenvalue weighted by atomic mass is 9.54. The van der Waals surface area contributed by atoms with E-state index in [0.29, 0.717) is 18.4 Å². The summed E-state index contributed by atoms with van der Waals surface area (Å²) in [5, 5.41) is 44.8. The second-order valence-electron chi connectivity index (χ2n) is 11.2. The molecule has 2 aromatic carbocycles. The van der Waals surface area contributed by atoms with E-state index >= 15 is 0 Å². The monoisotopic (exact) mass is 550 g/mol. The first-order valence-electron chi connectivity index (χ1n) is 13.3. The van der Waals surface area contributed by atoms with Crippen LogP contribution < -0.4 is 10.5 Å². The molecule has 10 nitrogen and oxygen atoms in total. The average molecular weight is 551 g/mol. The van der Waals surface area contributed by atoms with Gasteiger partial charge in [-0.2, -0.15) is 0 Å². The predicted molar refractivity (Wildman–Crippen MR) is 144 cm³/mol. The molecule has 6 atom stereocenters. The zero-order valence-electron chi connectivity index (χ0n) is 22.6. The number of phenolic OH excluding ortho intramolecular Hbond substituents is 1. The number of primary amides is 1. The molecule has 2 saturated carbocycles. The molecule has 0 radical (unpaired) electrons. The van der Waals surface area contributed by atoms with Crippen LogP contribution in [0, 0.1) is 17.8 Å². The summed E-state index contributed by atoms with van der Waals surface area (Å²) in [5.74, 6) is -6.72. The van der Waals surface area contributed by atoms with E-state index in [4.69, 9.17) is 10.5 Å². The van der Waals surface area contributed by atoms with Gasteiger partial charge in [0.05, 0.1) is 18.8 Å². The van der Waals surface area contributed by atoms with E-state index in [0.717, 1.165) is 16.9 Å². The van der Waals surface area contributed by atoms with Gasteiger partial charge in [0.1, 0.15) is 23.2 Å². The molecule has 0 aromatic heterocycles. The first-order valence-corrected chi connectivity index (χ1v) is 13.3. The van der Waals surface area contributed by atoms with Crippen molar-refractivity contribution in [2.75, 3.05) is 21.2 Å². The van der Waals surface area contributed by atoms with Gasteiger partial charge in [-0.1, -0.05) is 18.2 Å². The van der Waals surface area contributed by atoms with Crippen LogP contribution in [0.15, 0.2) is 42.0 Å². The number of aliphatic hydroxyl groups excluding tert-OH is 2. The van der Waals surface area contributed by atoms with Crippen molar-refractivity contribution in [2.45, 2.75) is 43.4 Å². The number of fused-ring (bicyclic) bond motifs is 3. The molecule has 2 fully saturated rings. The van der Waals surface area contributed by atoms with Crippen LogP contribution in [0.5, 0.6) is 11.5 Å². The number of ether oxygens (including phenoxy) is 1. The van der Waals surface area contributed by atoms with Gasteiger partial charge in [-0.25, -0.2) is 0 Å². The van der Waals surface area contributed by atoms with Crippen molar-refractivity contribution in [1.29, 1.82) is 0 Å². The van der Waals surface area contributed by atoms with Gasteiger partial charge in [0.15, 0.2) is 11.4 Å². The molecular weight excluding hydrogens is 516 g/mol. The zero-order chi connectivity index (χ0) is 29.1. The number of rotatable bonds is 6. The van der Waals surface area contributed by atoms with Crippen molar-refractivity contribution in [3.63, 3.8) is 0 Å². The van der Waals surface area contributed by atoms with Crippen molar-refractivity contribution in [3.8, 4) is 11.5 Å². The predicted octanol–water partition coefficient (Wildman–Crippen LogP) is 0.923. The molecule has 6 N–H and O–H groups in total. The Labute approximate surface area is 231 Å². The molecule has 0 aliphatic heterocycles. The fraction of sp³-hybridized carbons (Fsp3) is 0.433. The highest BCUT2D eigenvalue weighted by molar-refractivity contribution is 6.25. The molecular formula is C30H34N2O8. The van der Waals surface area contributed by atoms with Crippen LogP contribution in [-0.4, -0.2) is 81.8 Å². The first-order chi connectivity index (χ1) is 18.9. The molecule has 40 heavy (non-hydrogen) atoms. The zero-order valence-corrected chi connectivity index (χ0v) is 22.6. The lowest BCUT2D eigenvalue weighted by Crippen LogP contribution is -2.73. The van der Waals surface area contributed by atoms with E-state index in [1.165, 1.54) is 6.07 Å². The molecule has 10 heteroatoms. The topological polar surface area (TPSA) is 171 Å². The minimum Gasteiger partial charge on any atom is -0.507 e. The van der Waals surface area contributed by atoms with Gasteiger partial charge in [-0.05, 0) is 80.6 Å².